The van der Waals surface area contributed by atoms with Gasteiger partial charge < -0.3 is 9.84 Å². The van der Waals surface area contributed by atoms with E-state index in [1.165, 1.54) is 0 Å². The summed E-state index contributed by atoms with van der Waals surface area (Å²) in [5, 5.41) is 8.88. The van der Waals surface area contributed by atoms with Crippen LogP contribution in [0.2, 0.25) is 0 Å². The molecule has 114 valence electrons. The van der Waals surface area contributed by atoms with E-state index < -0.39 is 5.97 Å². The molecule has 0 atom stereocenters. The zero-order valence-corrected chi connectivity index (χ0v) is 12.4. The second-order valence-corrected chi connectivity index (χ2v) is 4.95. The molecular formula is C18H18O4. The Labute approximate surface area is 129 Å². The maximum absolute atomic E-state index is 11.8. The van der Waals surface area contributed by atoms with Gasteiger partial charge >= 0.3 is 11.9 Å². The second kappa shape index (κ2) is 7.41. The molecule has 2 rings (SSSR count). The highest BCUT2D eigenvalue weighted by Gasteiger charge is 2.08. The summed E-state index contributed by atoms with van der Waals surface area (Å²) in [6, 6.07) is 13.7. The Morgan fingerprint density at radius 1 is 0.909 bits per heavy atom. The van der Waals surface area contributed by atoms with E-state index >= 15 is 0 Å². The number of hydrogen-bond donors (Lipinski definition) is 1. The highest BCUT2D eigenvalue weighted by atomic mass is 16.5. The van der Waals surface area contributed by atoms with Gasteiger partial charge in [-0.2, -0.15) is 0 Å². The van der Waals surface area contributed by atoms with Gasteiger partial charge in [-0.15, -0.1) is 0 Å². The fraction of sp³-hybridized carbons (Fsp3) is 0.222. The molecule has 4 heteroatoms. The number of benzene rings is 2. The predicted octanol–water partition coefficient (Wildman–Crippen LogP) is 4.01. The van der Waals surface area contributed by atoms with Crippen molar-refractivity contribution >= 4 is 11.9 Å². The summed E-state index contributed by atoms with van der Waals surface area (Å²) in [6.45, 7) is 2.48. The Morgan fingerprint density at radius 2 is 1.41 bits per heavy atom. The van der Waals surface area contributed by atoms with Crippen molar-refractivity contribution in [3.8, 4) is 11.1 Å². The largest absolute Gasteiger partial charge is 0.478 e. The number of carbonyl (C=O) groups excluding carboxylic acids is 1. The third-order valence-corrected chi connectivity index (χ3v) is 3.32. The zero-order chi connectivity index (χ0) is 15.9. The average molecular weight is 298 g/mol. The van der Waals surface area contributed by atoms with Crippen LogP contribution in [0.3, 0.4) is 0 Å². The molecule has 0 aliphatic rings. The van der Waals surface area contributed by atoms with Gasteiger partial charge in [-0.25, -0.2) is 9.59 Å². The van der Waals surface area contributed by atoms with Crippen LogP contribution in [0.5, 0.6) is 0 Å². The molecule has 0 radical (unpaired) electrons. The first-order valence-electron chi connectivity index (χ1n) is 7.22. The van der Waals surface area contributed by atoms with Crippen molar-refractivity contribution in [3.05, 3.63) is 59.7 Å². The molecule has 0 heterocycles. The molecule has 22 heavy (non-hydrogen) atoms. The summed E-state index contributed by atoms with van der Waals surface area (Å²) < 4.78 is 5.15. The zero-order valence-electron chi connectivity index (χ0n) is 12.4. The average Bonchev–Trinajstić information content (AvgIpc) is 2.55. The van der Waals surface area contributed by atoms with Gasteiger partial charge in [0.15, 0.2) is 0 Å². The van der Waals surface area contributed by atoms with E-state index in [0.29, 0.717) is 12.2 Å². The van der Waals surface area contributed by atoms with E-state index in [1.807, 2.05) is 19.1 Å². The molecule has 0 amide bonds. The molecule has 0 aromatic heterocycles. The standard InChI is InChI=1S/C18H18O4/c1-2-3-12-22-18(21)16-10-6-14(7-11-16)13-4-8-15(9-5-13)17(19)20/h4-11H,2-3,12H2,1H3,(H,19,20). The first-order valence-corrected chi connectivity index (χ1v) is 7.22. The van der Waals surface area contributed by atoms with Crippen LogP contribution in [0.25, 0.3) is 11.1 Å². The van der Waals surface area contributed by atoms with E-state index in [0.717, 1.165) is 24.0 Å². The maximum Gasteiger partial charge on any atom is 0.338 e. The van der Waals surface area contributed by atoms with Crippen LogP contribution in [-0.4, -0.2) is 23.7 Å². The molecular weight excluding hydrogens is 280 g/mol. The molecule has 2 aromatic rings. The number of rotatable bonds is 6. The van der Waals surface area contributed by atoms with E-state index in [1.54, 1.807) is 36.4 Å². The van der Waals surface area contributed by atoms with Gasteiger partial charge in [-0.05, 0) is 41.8 Å². The lowest BCUT2D eigenvalue weighted by Crippen LogP contribution is -2.06. The molecule has 0 saturated carbocycles. The van der Waals surface area contributed by atoms with Gasteiger partial charge in [0.05, 0.1) is 17.7 Å². The molecule has 0 bridgehead atoms. The number of aromatic carboxylic acids is 1. The summed E-state index contributed by atoms with van der Waals surface area (Å²) in [4.78, 5) is 22.6. The molecule has 4 nitrogen and oxygen atoms in total. The molecule has 2 aromatic carbocycles. The van der Waals surface area contributed by atoms with Gasteiger partial charge in [-0.3, -0.25) is 0 Å². The monoisotopic (exact) mass is 298 g/mol. The highest BCUT2D eigenvalue weighted by Crippen LogP contribution is 2.20. The number of carboxylic acids is 1. The molecule has 0 fully saturated rings. The lowest BCUT2D eigenvalue weighted by atomic mass is 10.0. The topological polar surface area (TPSA) is 63.6 Å². The van der Waals surface area contributed by atoms with Crippen molar-refractivity contribution in [1.82, 2.24) is 0 Å². The maximum atomic E-state index is 11.8. The number of esters is 1. The minimum atomic E-state index is -0.947. The van der Waals surface area contributed by atoms with Crippen molar-refractivity contribution in [3.63, 3.8) is 0 Å². The van der Waals surface area contributed by atoms with Crippen LogP contribution < -0.4 is 0 Å². The number of unbranched alkanes of at least 4 members (excludes halogenated alkanes) is 1. The lowest BCUT2D eigenvalue weighted by Gasteiger charge is -2.06. The summed E-state index contributed by atoms with van der Waals surface area (Å²) >= 11 is 0. The highest BCUT2D eigenvalue weighted by molar-refractivity contribution is 5.90. The van der Waals surface area contributed by atoms with Gasteiger partial charge in [0.25, 0.3) is 0 Å². The predicted molar refractivity (Wildman–Crippen MR) is 84.0 cm³/mol. The summed E-state index contributed by atoms with van der Waals surface area (Å²) in [6.07, 6.45) is 1.85. The van der Waals surface area contributed by atoms with Crippen molar-refractivity contribution in [2.75, 3.05) is 6.61 Å². The third kappa shape index (κ3) is 3.95. The fourth-order valence-electron chi connectivity index (χ4n) is 2.00. The Balaban J connectivity index is 2.08. The van der Waals surface area contributed by atoms with Gasteiger partial charge in [-0.1, -0.05) is 37.6 Å². The Hall–Kier alpha value is -2.62. The number of carbonyl (C=O) groups is 2. The Kier molecular flexibility index (Phi) is 5.31. The van der Waals surface area contributed by atoms with Crippen LogP contribution in [0.4, 0.5) is 0 Å². The third-order valence-electron chi connectivity index (χ3n) is 3.32. The van der Waals surface area contributed by atoms with Crippen molar-refractivity contribution < 1.29 is 19.4 Å². The summed E-state index contributed by atoms with van der Waals surface area (Å²) in [5.41, 5.74) is 2.58. The van der Waals surface area contributed by atoms with Gasteiger partial charge in [0.1, 0.15) is 0 Å². The normalized spacial score (nSPS) is 10.2. The fourth-order valence-corrected chi connectivity index (χ4v) is 2.00. The van der Waals surface area contributed by atoms with Crippen LogP contribution in [0, 0.1) is 0 Å². The smallest absolute Gasteiger partial charge is 0.338 e. The first-order chi connectivity index (χ1) is 10.6. The van der Waals surface area contributed by atoms with E-state index in [-0.39, 0.29) is 11.5 Å². The van der Waals surface area contributed by atoms with Crippen LogP contribution in [0.15, 0.2) is 48.5 Å². The van der Waals surface area contributed by atoms with Crippen LogP contribution >= 0.6 is 0 Å². The number of hydrogen-bond acceptors (Lipinski definition) is 3. The Bertz CT molecular complexity index is 642. The molecule has 0 aliphatic heterocycles. The second-order valence-electron chi connectivity index (χ2n) is 4.95. The number of ether oxygens (including phenoxy) is 1. The Morgan fingerprint density at radius 3 is 1.86 bits per heavy atom. The molecule has 0 unspecified atom stereocenters. The van der Waals surface area contributed by atoms with Crippen LogP contribution in [-0.2, 0) is 4.74 Å². The SMILES string of the molecule is CCCCOC(=O)c1ccc(-c2ccc(C(=O)O)cc2)cc1. The summed E-state index contributed by atoms with van der Waals surface area (Å²) in [5.74, 6) is -1.27. The van der Waals surface area contributed by atoms with Gasteiger partial charge in [0.2, 0.25) is 0 Å². The first kappa shape index (κ1) is 15.8. The van der Waals surface area contributed by atoms with E-state index in [4.69, 9.17) is 9.84 Å². The molecule has 0 aliphatic carbocycles. The quantitative estimate of drug-likeness (QED) is 0.646. The van der Waals surface area contributed by atoms with Crippen molar-refractivity contribution in [1.29, 1.82) is 0 Å². The lowest BCUT2D eigenvalue weighted by molar-refractivity contribution is 0.0499. The van der Waals surface area contributed by atoms with E-state index in [9.17, 15) is 9.59 Å². The summed E-state index contributed by atoms with van der Waals surface area (Å²) in [7, 11) is 0. The van der Waals surface area contributed by atoms with Crippen molar-refractivity contribution in [2.24, 2.45) is 0 Å². The minimum Gasteiger partial charge on any atom is -0.478 e. The molecule has 0 saturated heterocycles. The van der Waals surface area contributed by atoms with Gasteiger partial charge in [0, 0.05) is 0 Å². The molecule has 0 spiro atoms. The van der Waals surface area contributed by atoms with Crippen molar-refractivity contribution in [2.45, 2.75) is 19.8 Å². The van der Waals surface area contributed by atoms with Crippen LogP contribution in [0.1, 0.15) is 40.5 Å². The number of carboxylic acid groups (broad SMARTS) is 1. The molecule has 1 N–H and O–H groups in total. The minimum absolute atomic E-state index is 0.250. The van der Waals surface area contributed by atoms with E-state index in [2.05, 4.69) is 0 Å².